The van der Waals surface area contributed by atoms with Crippen LogP contribution in [0.2, 0.25) is 0 Å². The molecule has 0 radical (unpaired) electrons. The summed E-state index contributed by atoms with van der Waals surface area (Å²) in [7, 11) is 2.17. The monoisotopic (exact) mass is 386 g/mol. The second-order valence-electron chi connectivity index (χ2n) is 8.01. The topological polar surface area (TPSA) is 68.4 Å². The molecule has 2 aliphatic heterocycles. The molecule has 4 heterocycles. The fraction of sp³-hybridized carbons (Fsp3) is 0.632. The number of piperazine rings is 1. The van der Waals surface area contributed by atoms with E-state index in [0.717, 1.165) is 80.7 Å². The lowest BCUT2D eigenvalue weighted by atomic mass is 10.1. The van der Waals surface area contributed by atoms with Crippen molar-refractivity contribution in [3.63, 3.8) is 0 Å². The van der Waals surface area contributed by atoms with Crippen LogP contribution >= 0.6 is 11.3 Å². The molecule has 0 atom stereocenters. The van der Waals surface area contributed by atoms with Gasteiger partial charge in [-0.2, -0.15) is 0 Å². The zero-order valence-corrected chi connectivity index (χ0v) is 16.6. The van der Waals surface area contributed by atoms with Crippen LogP contribution in [-0.4, -0.2) is 64.5 Å². The van der Waals surface area contributed by atoms with E-state index < -0.39 is 0 Å². The Bertz CT molecular complexity index is 881. The predicted octanol–water partition coefficient (Wildman–Crippen LogP) is 1.41. The summed E-state index contributed by atoms with van der Waals surface area (Å²) in [5, 5.41) is 1.13. The summed E-state index contributed by atoms with van der Waals surface area (Å²) in [5.74, 6) is 1.40. The number of rotatable bonds is 4. The van der Waals surface area contributed by atoms with E-state index >= 15 is 0 Å². The van der Waals surface area contributed by atoms with Crippen molar-refractivity contribution in [3.8, 4) is 0 Å². The number of thiazole rings is 1. The first kappa shape index (κ1) is 17.3. The zero-order chi connectivity index (χ0) is 18.4. The first-order chi connectivity index (χ1) is 13.2. The average molecular weight is 387 g/mol. The molecule has 0 aromatic carbocycles. The molecule has 8 heteroatoms. The molecule has 144 valence electrons. The number of hydrogen-bond acceptors (Lipinski definition) is 7. The molecule has 0 bridgehead atoms. The van der Waals surface area contributed by atoms with E-state index in [-0.39, 0.29) is 5.56 Å². The molecule has 1 N–H and O–H groups in total. The van der Waals surface area contributed by atoms with Crippen molar-refractivity contribution in [2.24, 2.45) is 0 Å². The summed E-state index contributed by atoms with van der Waals surface area (Å²) >= 11 is 1.79. The highest BCUT2D eigenvalue weighted by molar-refractivity contribution is 7.15. The van der Waals surface area contributed by atoms with Gasteiger partial charge in [0.25, 0.3) is 5.56 Å². The van der Waals surface area contributed by atoms with E-state index in [1.807, 2.05) is 6.20 Å². The number of fused-ring (bicyclic) bond motifs is 1. The van der Waals surface area contributed by atoms with Crippen LogP contribution in [0.5, 0.6) is 0 Å². The summed E-state index contributed by atoms with van der Waals surface area (Å²) in [6.45, 7) is 6.77. The maximum absolute atomic E-state index is 12.5. The van der Waals surface area contributed by atoms with Gasteiger partial charge < -0.3 is 14.8 Å². The minimum Gasteiger partial charge on any atom is -0.346 e. The van der Waals surface area contributed by atoms with Crippen LogP contribution in [0.1, 0.15) is 40.7 Å². The van der Waals surface area contributed by atoms with E-state index in [9.17, 15) is 4.79 Å². The molecule has 5 rings (SSSR count). The van der Waals surface area contributed by atoms with Gasteiger partial charge in [0.15, 0.2) is 5.13 Å². The highest BCUT2D eigenvalue weighted by Crippen LogP contribution is 2.38. The van der Waals surface area contributed by atoms with E-state index in [1.165, 1.54) is 4.88 Å². The normalized spacial score (nSPS) is 21.4. The number of nitrogens with zero attached hydrogens (tertiary/aromatic N) is 5. The molecule has 7 nitrogen and oxygen atoms in total. The van der Waals surface area contributed by atoms with Crippen LogP contribution in [0, 0.1) is 0 Å². The molecule has 0 spiro atoms. The van der Waals surface area contributed by atoms with Crippen LogP contribution in [0.4, 0.5) is 5.13 Å². The van der Waals surface area contributed by atoms with Crippen LogP contribution < -0.4 is 10.5 Å². The van der Waals surface area contributed by atoms with Gasteiger partial charge in [0, 0.05) is 69.2 Å². The van der Waals surface area contributed by atoms with E-state index in [1.54, 1.807) is 11.3 Å². The predicted molar refractivity (Wildman–Crippen MR) is 106 cm³/mol. The molecule has 0 amide bonds. The first-order valence-electron chi connectivity index (χ1n) is 9.88. The average Bonchev–Trinajstić information content (AvgIpc) is 3.42. The SMILES string of the molecule is CN1CCN(c2ncc(CN3CCc4nc(C5CC5)[nH]c(=O)c4C3)s2)CC1. The van der Waals surface area contributed by atoms with Crippen LogP contribution in [0.3, 0.4) is 0 Å². The van der Waals surface area contributed by atoms with Gasteiger partial charge in [-0.25, -0.2) is 9.97 Å². The van der Waals surface area contributed by atoms with Gasteiger partial charge in [-0.1, -0.05) is 0 Å². The van der Waals surface area contributed by atoms with E-state index in [2.05, 4.69) is 31.7 Å². The molecule has 27 heavy (non-hydrogen) atoms. The third kappa shape index (κ3) is 3.66. The minimum atomic E-state index is 0.0639. The van der Waals surface area contributed by atoms with Crippen molar-refractivity contribution in [3.05, 3.63) is 38.5 Å². The third-order valence-electron chi connectivity index (χ3n) is 5.82. The van der Waals surface area contributed by atoms with Crippen LogP contribution in [0.25, 0.3) is 0 Å². The molecule has 2 fully saturated rings. The van der Waals surface area contributed by atoms with Gasteiger partial charge in [-0.15, -0.1) is 11.3 Å². The Balaban J connectivity index is 1.26. The van der Waals surface area contributed by atoms with Crippen molar-refractivity contribution in [2.45, 2.75) is 38.3 Å². The van der Waals surface area contributed by atoms with Gasteiger partial charge in [0.05, 0.1) is 11.3 Å². The first-order valence-corrected chi connectivity index (χ1v) is 10.7. The number of aromatic nitrogens is 3. The molecule has 2 aromatic rings. The molecule has 1 aliphatic carbocycles. The summed E-state index contributed by atoms with van der Waals surface area (Å²) in [4.78, 5) is 33.3. The number of nitrogens with one attached hydrogen (secondary N) is 1. The number of aromatic amines is 1. The third-order valence-corrected chi connectivity index (χ3v) is 6.87. The van der Waals surface area contributed by atoms with E-state index in [0.29, 0.717) is 12.5 Å². The lowest BCUT2D eigenvalue weighted by molar-refractivity contribution is 0.243. The second kappa shape index (κ2) is 7.00. The molecule has 1 saturated carbocycles. The lowest BCUT2D eigenvalue weighted by Gasteiger charge is -2.32. The minimum absolute atomic E-state index is 0.0639. The molecule has 2 aromatic heterocycles. The molecular weight excluding hydrogens is 360 g/mol. The largest absolute Gasteiger partial charge is 0.346 e. The summed E-state index contributed by atoms with van der Waals surface area (Å²) in [5.41, 5.74) is 1.93. The van der Waals surface area contributed by atoms with Crippen molar-refractivity contribution in [1.82, 2.24) is 24.8 Å². The van der Waals surface area contributed by atoms with Gasteiger partial charge >= 0.3 is 0 Å². The number of H-pyrrole nitrogens is 1. The Morgan fingerprint density at radius 2 is 2.04 bits per heavy atom. The van der Waals surface area contributed by atoms with Gasteiger partial charge in [0.1, 0.15) is 5.82 Å². The fourth-order valence-electron chi connectivity index (χ4n) is 3.92. The Morgan fingerprint density at radius 3 is 2.81 bits per heavy atom. The smallest absolute Gasteiger partial charge is 0.255 e. The molecular formula is C19H26N6OS. The molecule has 1 saturated heterocycles. The van der Waals surface area contributed by atoms with Crippen molar-refractivity contribution < 1.29 is 0 Å². The van der Waals surface area contributed by atoms with Crippen LogP contribution in [0.15, 0.2) is 11.0 Å². The van der Waals surface area contributed by atoms with Crippen molar-refractivity contribution >= 4 is 16.5 Å². The van der Waals surface area contributed by atoms with Crippen molar-refractivity contribution in [1.29, 1.82) is 0 Å². The van der Waals surface area contributed by atoms with Gasteiger partial charge in [-0.3, -0.25) is 9.69 Å². The Labute approximate surface area is 163 Å². The lowest BCUT2D eigenvalue weighted by Crippen LogP contribution is -2.44. The summed E-state index contributed by atoms with van der Waals surface area (Å²) in [6, 6.07) is 0. The molecule has 3 aliphatic rings. The number of anilines is 1. The Kier molecular flexibility index (Phi) is 4.49. The van der Waals surface area contributed by atoms with Gasteiger partial charge in [0.2, 0.25) is 0 Å². The second-order valence-corrected chi connectivity index (χ2v) is 9.10. The maximum Gasteiger partial charge on any atom is 0.255 e. The Morgan fingerprint density at radius 1 is 1.22 bits per heavy atom. The summed E-state index contributed by atoms with van der Waals surface area (Å²) < 4.78 is 0. The fourth-order valence-corrected chi connectivity index (χ4v) is 4.92. The Hall–Kier alpha value is -1.77. The van der Waals surface area contributed by atoms with Crippen LogP contribution in [-0.2, 0) is 19.5 Å². The number of hydrogen-bond donors (Lipinski definition) is 1. The standard InChI is InChI=1S/C19H26N6OS/c1-23-6-8-25(9-7-23)19-20-10-14(27-19)11-24-5-4-16-15(12-24)18(26)22-17(21-16)13-2-3-13/h10,13H,2-9,11-12H2,1H3,(H,21,22,26). The highest BCUT2D eigenvalue weighted by atomic mass is 32.1. The van der Waals surface area contributed by atoms with Gasteiger partial charge in [-0.05, 0) is 19.9 Å². The highest BCUT2D eigenvalue weighted by Gasteiger charge is 2.29. The maximum atomic E-state index is 12.5. The quantitative estimate of drug-likeness (QED) is 0.857. The van der Waals surface area contributed by atoms with E-state index in [4.69, 9.17) is 4.98 Å². The van der Waals surface area contributed by atoms with Crippen molar-refractivity contribution in [2.75, 3.05) is 44.7 Å². The summed E-state index contributed by atoms with van der Waals surface area (Å²) in [6.07, 6.45) is 5.19. The molecule has 0 unspecified atom stereocenters. The zero-order valence-electron chi connectivity index (χ0n) is 15.8. The number of likely N-dealkylation sites (N-methyl/N-ethyl adjacent to an activating group) is 1.